The average molecular weight is 461 g/mol. The molecule has 0 saturated carbocycles. The summed E-state index contributed by atoms with van der Waals surface area (Å²) in [5.41, 5.74) is 5.81. The van der Waals surface area contributed by atoms with E-state index in [0.29, 0.717) is 17.3 Å². The number of rotatable bonds is 6. The highest BCUT2D eigenvalue weighted by atomic mass is 16.1. The van der Waals surface area contributed by atoms with Gasteiger partial charge in [-0.15, -0.1) is 0 Å². The molecule has 3 N–H and O–H groups in total. The second-order valence-electron chi connectivity index (χ2n) is 8.35. The van der Waals surface area contributed by atoms with Crippen LogP contribution in [0.3, 0.4) is 0 Å². The van der Waals surface area contributed by atoms with Gasteiger partial charge < -0.3 is 10.3 Å². The first kappa shape index (κ1) is 20.7. The summed E-state index contributed by atoms with van der Waals surface area (Å²) in [5, 5.41) is 19.9. The Balaban J connectivity index is 1.28. The summed E-state index contributed by atoms with van der Waals surface area (Å²) in [7, 11) is 0. The van der Waals surface area contributed by atoms with Gasteiger partial charge in [0.2, 0.25) is 0 Å². The molecule has 0 unspecified atom stereocenters. The summed E-state index contributed by atoms with van der Waals surface area (Å²) in [6.45, 7) is 1.94. The van der Waals surface area contributed by atoms with Gasteiger partial charge in [0.05, 0.1) is 23.6 Å². The molecule has 4 heterocycles. The molecule has 4 aromatic heterocycles. The smallest absolute Gasteiger partial charge is 0.183 e. The van der Waals surface area contributed by atoms with Gasteiger partial charge in [-0.05, 0) is 48.9 Å². The van der Waals surface area contributed by atoms with E-state index >= 15 is 0 Å². The molecule has 0 aliphatic rings. The van der Waals surface area contributed by atoms with Gasteiger partial charge in [0.15, 0.2) is 11.6 Å². The van der Waals surface area contributed by atoms with E-state index in [1.165, 1.54) is 0 Å². The number of benzene rings is 2. The Morgan fingerprint density at radius 1 is 0.914 bits per heavy atom. The van der Waals surface area contributed by atoms with Crippen LogP contribution in [-0.4, -0.2) is 41.1 Å². The topological polar surface area (TPSA) is 125 Å². The Morgan fingerprint density at radius 3 is 2.74 bits per heavy atom. The molecule has 0 aliphatic heterocycles. The van der Waals surface area contributed by atoms with Crippen molar-refractivity contribution in [3.05, 3.63) is 90.1 Å². The Morgan fingerprint density at radius 2 is 1.86 bits per heavy atom. The second-order valence-corrected chi connectivity index (χ2v) is 8.35. The number of Topliss-reactive ketones (excluding diaryl/α,β-unsaturated/α-hetero) is 1. The monoisotopic (exact) mass is 460 g/mol. The number of nitrogens with one attached hydrogen (secondary N) is 3. The minimum Gasteiger partial charge on any atom is -0.352 e. The molecule has 6 rings (SSSR count). The largest absolute Gasteiger partial charge is 0.352 e. The quantitative estimate of drug-likeness (QED) is 0.306. The molecular formula is C26H20N8O. The third kappa shape index (κ3) is 4.22. The number of aryl methyl sites for hydroxylation is 1. The zero-order valence-corrected chi connectivity index (χ0v) is 18.8. The Kier molecular flexibility index (Phi) is 4.99. The van der Waals surface area contributed by atoms with Crippen molar-refractivity contribution in [1.29, 1.82) is 0 Å². The molecule has 0 spiro atoms. The SMILES string of the molecule is Cc1cc(Nc2ccc3[nH]ncc3c2)nc(-c2ccc3cc(C(=O)Cc4ccnnc4)[nH]c3c2)n1. The van der Waals surface area contributed by atoms with Gasteiger partial charge in [0.25, 0.3) is 0 Å². The fraction of sp³-hybridized carbons (Fsp3) is 0.0769. The lowest BCUT2D eigenvalue weighted by Crippen LogP contribution is -2.04. The molecule has 0 fully saturated rings. The van der Waals surface area contributed by atoms with Gasteiger partial charge in [-0.3, -0.25) is 9.89 Å². The van der Waals surface area contributed by atoms with Crippen LogP contribution >= 0.6 is 0 Å². The third-order valence-electron chi connectivity index (χ3n) is 5.76. The zero-order valence-electron chi connectivity index (χ0n) is 18.8. The minimum absolute atomic E-state index is 0.0105. The van der Waals surface area contributed by atoms with Crippen LogP contribution in [0.15, 0.2) is 73.2 Å². The normalized spacial score (nSPS) is 11.2. The molecule has 0 saturated heterocycles. The van der Waals surface area contributed by atoms with Crippen molar-refractivity contribution in [3.63, 3.8) is 0 Å². The van der Waals surface area contributed by atoms with Gasteiger partial charge in [0, 0.05) is 51.9 Å². The Hall–Kier alpha value is -4.92. The molecule has 2 aromatic carbocycles. The number of ketones is 1. The maximum Gasteiger partial charge on any atom is 0.183 e. The van der Waals surface area contributed by atoms with Crippen LogP contribution in [-0.2, 0) is 6.42 Å². The van der Waals surface area contributed by atoms with Crippen molar-refractivity contribution in [2.75, 3.05) is 5.32 Å². The second kappa shape index (κ2) is 8.45. The highest BCUT2D eigenvalue weighted by molar-refractivity contribution is 6.01. The summed E-state index contributed by atoms with van der Waals surface area (Å²) >= 11 is 0. The fourth-order valence-electron chi connectivity index (χ4n) is 4.05. The number of hydrogen-bond donors (Lipinski definition) is 3. The summed E-state index contributed by atoms with van der Waals surface area (Å²) in [4.78, 5) is 25.4. The predicted octanol–water partition coefficient (Wildman–Crippen LogP) is 4.77. The van der Waals surface area contributed by atoms with Crippen molar-refractivity contribution in [3.8, 4) is 11.4 Å². The van der Waals surface area contributed by atoms with E-state index in [1.54, 1.807) is 24.7 Å². The molecule has 0 bridgehead atoms. The van der Waals surface area contributed by atoms with Crippen LogP contribution < -0.4 is 5.32 Å². The van der Waals surface area contributed by atoms with Crippen molar-refractivity contribution < 1.29 is 4.79 Å². The maximum absolute atomic E-state index is 12.7. The van der Waals surface area contributed by atoms with E-state index in [2.05, 4.69) is 35.7 Å². The number of anilines is 2. The molecule has 170 valence electrons. The van der Waals surface area contributed by atoms with Crippen LogP contribution in [0.2, 0.25) is 0 Å². The molecule has 35 heavy (non-hydrogen) atoms. The van der Waals surface area contributed by atoms with Gasteiger partial charge in [-0.25, -0.2) is 9.97 Å². The van der Waals surface area contributed by atoms with E-state index in [0.717, 1.165) is 44.3 Å². The van der Waals surface area contributed by atoms with E-state index < -0.39 is 0 Å². The number of fused-ring (bicyclic) bond motifs is 2. The number of carbonyl (C=O) groups excluding carboxylic acids is 1. The van der Waals surface area contributed by atoms with Crippen molar-refractivity contribution >= 4 is 39.1 Å². The number of nitrogens with zero attached hydrogens (tertiary/aromatic N) is 5. The number of aromatic nitrogens is 7. The van der Waals surface area contributed by atoms with E-state index in [1.807, 2.05) is 55.5 Å². The molecule has 9 heteroatoms. The first-order valence-electron chi connectivity index (χ1n) is 11.1. The Labute approximate surface area is 199 Å². The van der Waals surface area contributed by atoms with Crippen LogP contribution in [0.25, 0.3) is 33.2 Å². The van der Waals surface area contributed by atoms with Crippen molar-refractivity contribution in [2.45, 2.75) is 13.3 Å². The number of aromatic amines is 2. The summed E-state index contributed by atoms with van der Waals surface area (Å²) in [6.07, 6.45) is 5.24. The highest BCUT2D eigenvalue weighted by Gasteiger charge is 2.13. The van der Waals surface area contributed by atoms with Crippen LogP contribution in [0, 0.1) is 6.92 Å². The van der Waals surface area contributed by atoms with Crippen LogP contribution in [0.4, 0.5) is 11.5 Å². The lowest BCUT2D eigenvalue weighted by molar-refractivity contribution is 0.0989. The standard InChI is InChI=1S/C26H20N8O/c1-15-8-25(31-20-4-5-21-19(10-20)14-29-34-21)33-26(30-15)18-3-2-17-11-23(32-22(17)12-18)24(35)9-16-6-7-27-28-13-16/h2-8,10-14,32H,9H2,1H3,(H,29,34)(H,30,31,33). The van der Waals surface area contributed by atoms with Crippen LogP contribution in [0.5, 0.6) is 0 Å². The molecule has 0 aliphatic carbocycles. The lowest BCUT2D eigenvalue weighted by atomic mass is 10.1. The number of H-pyrrole nitrogens is 2. The molecule has 0 radical (unpaired) electrons. The fourth-order valence-corrected chi connectivity index (χ4v) is 4.05. The average Bonchev–Trinajstić information content (AvgIpc) is 3.50. The summed E-state index contributed by atoms with van der Waals surface area (Å²) in [5.74, 6) is 1.29. The maximum atomic E-state index is 12.7. The lowest BCUT2D eigenvalue weighted by Gasteiger charge is -2.09. The van der Waals surface area contributed by atoms with Crippen LogP contribution in [0.1, 0.15) is 21.7 Å². The van der Waals surface area contributed by atoms with Crippen molar-refractivity contribution in [2.24, 2.45) is 0 Å². The minimum atomic E-state index is -0.0105. The summed E-state index contributed by atoms with van der Waals surface area (Å²) in [6, 6.07) is 17.4. The first-order valence-corrected chi connectivity index (χ1v) is 11.1. The Bertz CT molecular complexity index is 1690. The summed E-state index contributed by atoms with van der Waals surface area (Å²) < 4.78 is 0. The first-order chi connectivity index (χ1) is 17.1. The highest BCUT2D eigenvalue weighted by Crippen LogP contribution is 2.26. The molecule has 0 atom stereocenters. The van der Waals surface area contributed by atoms with E-state index in [4.69, 9.17) is 4.98 Å². The van der Waals surface area contributed by atoms with E-state index in [-0.39, 0.29) is 12.2 Å². The van der Waals surface area contributed by atoms with Gasteiger partial charge in [-0.2, -0.15) is 15.3 Å². The zero-order chi connectivity index (χ0) is 23.8. The number of hydrogen-bond acceptors (Lipinski definition) is 7. The van der Waals surface area contributed by atoms with Gasteiger partial charge in [-0.1, -0.05) is 12.1 Å². The molecule has 0 amide bonds. The third-order valence-corrected chi connectivity index (χ3v) is 5.76. The van der Waals surface area contributed by atoms with Crippen molar-refractivity contribution in [1.82, 2.24) is 35.3 Å². The van der Waals surface area contributed by atoms with Gasteiger partial charge >= 0.3 is 0 Å². The molecule has 9 nitrogen and oxygen atoms in total. The molecular weight excluding hydrogens is 440 g/mol. The number of carbonyl (C=O) groups is 1. The molecule has 6 aromatic rings. The predicted molar refractivity (Wildman–Crippen MR) is 134 cm³/mol. The van der Waals surface area contributed by atoms with E-state index in [9.17, 15) is 4.79 Å². The van der Waals surface area contributed by atoms with Gasteiger partial charge in [0.1, 0.15) is 5.82 Å².